The molecule has 1 amide bonds. The lowest BCUT2D eigenvalue weighted by atomic mass is 9.97. The third-order valence-corrected chi connectivity index (χ3v) is 7.33. The molecule has 0 aliphatic carbocycles. The van der Waals surface area contributed by atoms with Crippen LogP contribution in [0, 0.1) is 6.92 Å². The fourth-order valence-electron chi connectivity index (χ4n) is 5.40. The molecule has 2 aliphatic heterocycles. The molecule has 5 aromatic rings. The van der Waals surface area contributed by atoms with Crippen molar-refractivity contribution in [1.29, 1.82) is 0 Å². The van der Waals surface area contributed by atoms with Crippen LogP contribution in [0.4, 0.5) is 0 Å². The molecule has 0 saturated heterocycles. The Balaban J connectivity index is 1.32. The van der Waals surface area contributed by atoms with Gasteiger partial charge < -0.3 is 23.5 Å². The van der Waals surface area contributed by atoms with E-state index < -0.39 is 6.04 Å². The molecule has 0 spiro atoms. The molecule has 1 unspecified atom stereocenters. The molecule has 0 fully saturated rings. The molecule has 0 radical (unpaired) electrons. The number of hydrogen-bond donors (Lipinski definition) is 0. The van der Waals surface area contributed by atoms with Crippen molar-refractivity contribution in [2.75, 3.05) is 6.79 Å². The molecule has 0 N–H and O–H groups in total. The van der Waals surface area contributed by atoms with Crippen molar-refractivity contribution < 1.29 is 23.4 Å². The molecule has 0 saturated carbocycles. The van der Waals surface area contributed by atoms with Crippen molar-refractivity contribution in [2.45, 2.75) is 26.1 Å². The highest BCUT2D eigenvalue weighted by Crippen LogP contribution is 2.41. The van der Waals surface area contributed by atoms with Crippen LogP contribution in [0.2, 0.25) is 0 Å². The maximum absolute atomic E-state index is 13.9. The van der Waals surface area contributed by atoms with Crippen molar-refractivity contribution >= 4 is 16.9 Å². The average Bonchev–Trinajstić information content (AvgIpc) is 3.55. The molecular formula is C33H25NO6. The highest BCUT2D eigenvalue weighted by Gasteiger charge is 2.43. The number of fused-ring (bicyclic) bond motifs is 3. The van der Waals surface area contributed by atoms with E-state index in [0.717, 1.165) is 22.3 Å². The van der Waals surface area contributed by atoms with Gasteiger partial charge in [-0.2, -0.15) is 0 Å². The standard InChI is InChI=1S/C33H25NO6/c1-20-10-12-26-25(14-20)31(35)29-30(23-8-5-9-24(16-23)37-18-21-6-3-2-4-7-21)34(33(36)32(29)40-26)17-22-11-13-27-28(15-22)39-19-38-27/h2-16,30H,17-19H2,1H3. The lowest BCUT2D eigenvalue weighted by molar-refractivity contribution is 0.0714. The van der Waals surface area contributed by atoms with Gasteiger partial charge in [-0.1, -0.05) is 60.2 Å². The molecule has 2 aliphatic rings. The highest BCUT2D eigenvalue weighted by atomic mass is 16.7. The molecule has 0 bridgehead atoms. The highest BCUT2D eigenvalue weighted by molar-refractivity contribution is 5.99. The summed E-state index contributed by atoms with van der Waals surface area (Å²) in [6.07, 6.45) is 0. The number of nitrogens with zero attached hydrogens (tertiary/aromatic N) is 1. The van der Waals surface area contributed by atoms with E-state index in [1.165, 1.54) is 0 Å². The predicted molar refractivity (Wildman–Crippen MR) is 149 cm³/mol. The predicted octanol–water partition coefficient (Wildman–Crippen LogP) is 6.15. The number of carbonyl (C=O) groups is 1. The van der Waals surface area contributed by atoms with Crippen LogP contribution < -0.4 is 19.6 Å². The molecule has 198 valence electrons. The molecule has 3 heterocycles. The van der Waals surface area contributed by atoms with E-state index in [-0.39, 0.29) is 30.4 Å². The van der Waals surface area contributed by atoms with Crippen molar-refractivity contribution in [2.24, 2.45) is 0 Å². The summed E-state index contributed by atoms with van der Waals surface area (Å²) in [5.41, 5.74) is 4.12. The lowest BCUT2D eigenvalue weighted by Gasteiger charge is -2.25. The minimum Gasteiger partial charge on any atom is -0.489 e. The second-order valence-corrected chi connectivity index (χ2v) is 10.0. The van der Waals surface area contributed by atoms with Gasteiger partial charge in [0, 0.05) is 6.54 Å². The summed E-state index contributed by atoms with van der Waals surface area (Å²) < 4.78 is 23.2. The smallest absolute Gasteiger partial charge is 0.291 e. The Morgan fingerprint density at radius 3 is 2.58 bits per heavy atom. The van der Waals surface area contributed by atoms with Crippen LogP contribution in [-0.4, -0.2) is 17.6 Å². The fourth-order valence-corrected chi connectivity index (χ4v) is 5.40. The quantitative estimate of drug-likeness (QED) is 0.261. The summed E-state index contributed by atoms with van der Waals surface area (Å²) in [5.74, 6) is 1.67. The number of ether oxygens (including phenoxy) is 3. The van der Waals surface area contributed by atoms with Gasteiger partial charge in [0.2, 0.25) is 12.6 Å². The van der Waals surface area contributed by atoms with E-state index in [4.69, 9.17) is 18.6 Å². The monoisotopic (exact) mass is 531 g/mol. The van der Waals surface area contributed by atoms with Crippen LogP contribution in [0.15, 0.2) is 100 Å². The topological polar surface area (TPSA) is 78.2 Å². The van der Waals surface area contributed by atoms with Gasteiger partial charge in [0.15, 0.2) is 16.9 Å². The van der Waals surface area contributed by atoms with E-state index in [1.54, 1.807) is 11.0 Å². The molecule has 7 rings (SSSR count). The second-order valence-electron chi connectivity index (χ2n) is 10.0. The molecule has 4 aromatic carbocycles. The second kappa shape index (κ2) is 9.61. The zero-order chi connectivity index (χ0) is 27.2. The third-order valence-electron chi connectivity index (χ3n) is 7.33. The van der Waals surface area contributed by atoms with Crippen molar-refractivity contribution in [3.05, 3.63) is 135 Å². The van der Waals surface area contributed by atoms with Crippen LogP contribution in [0.3, 0.4) is 0 Å². The summed E-state index contributed by atoms with van der Waals surface area (Å²) >= 11 is 0. The summed E-state index contributed by atoms with van der Waals surface area (Å²) in [7, 11) is 0. The zero-order valence-electron chi connectivity index (χ0n) is 21.8. The fraction of sp³-hybridized carbons (Fsp3) is 0.152. The Labute approximate surface area is 230 Å². The van der Waals surface area contributed by atoms with Crippen LogP contribution in [0.25, 0.3) is 11.0 Å². The molecule has 1 atom stereocenters. The van der Waals surface area contributed by atoms with Gasteiger partial charge in [-0.05, 0) is 60.0 Å². The van der Waals surface area contributed by atoms with Crippen molar-refractivity contribution in [3.8, 4) is 17.2 Å². The first-order valence-electron chi connectivity index (χ1n) is 13.1. The number of rotatable bonds is 6. The van der Waals surface area contributed by atoms with Gasteiger partial charge in [0.25, 0.3) is 5.91 Å². The van der Waals surface area contributed by atoms with Gasteiger partial charge in [-0.25, -0.2) is 0 Å². The van der Waals surface area contributed by atoms with Crippen molar-refractivity contribution in [1.82, 2.24) is 4.90 Å². The number of carbonyl (C=O) groups excluding carboxylic acids is 1. The third kappa shape index (κ3) is 4.16. The maximum Gasteiger partial charge on any atom is 0.291 e. The van der Waals surface area contributed by atoms with Crippen LogP contribution in [-0.2, 0) is 13.2 Å². The summed E-state index contributed by atoms with van der Waals surface area (Å²) in [6.45, 7) is 2.73. The molecule has 7 heteroatoms. The van der Waals surface area contributed by atoms with Crippen LogP contribution in [0.5, 0.6) is 17.2 Å². The Kier molecular flexibility index (Phi) is 5.77. The summed E-state index contributed by atoms with van der Waals surface area (Å²) in [5, 5.41) is 0.456. The van der Waals surface area contributed by atoms with Gasteiger partial charge in [-0.15, -0.1) is 0 Å². The van der Waals surface area contributed by atoms with Gasteiger partial charge in [0.1, 0.15) is 17.9 Å². The number of amides is 1. The summed E-state index contributed by atoms with van der Waals surface area (Å²) in [4.78, 5) is 29.5. The van der Waals surface area contributed by atoms with E-state index in [0.29, 0.717) is 40.4 Å². The molecule has 40 heavy (non-hydrogen) atoms. The minimum atomic E-state index is -0.658. The van der Waals surface area contributed by atoms with E-state index in [9.17, 15) is 9.59 Å². The number of benzene rings is 4. The Bertz CT molecular complexity index is 1830. The van der Waals surface area contributed by atoms with Gasteiger partial charge in [0.05, 0.1) is 17.0 Å². The number of hydrogen-bond acceptors (Lipinski definition) is 6. The SMILES string of the molecule is Cc1ccc2oc3c(c(=O)c2c1)C(c1cccc(OCc2ccccc2)c1)N(Cc1ccc2c(c1)OCO2)C3=O. The Morgan fingerprint density at radius 1 is 0.850 bits per heavy atom. The minimum absolute atomic E-state index is 0.0719. The first-order valence-corrected chi connectivity index (χ1v) is 13.1. The largest absolute Gasteiger partial charge is 0.489 e. The van der Waals surface area contributed by atoms with Gasteiger partial charge >= 0.3 is 0 Å². The number of aryl methyl sites for hydroxylation is 1. The molecule has 7 nitrogen and oxygen atoms in total. The first kappa shape index (κ1) is 24.0. The van der Waals surface area contributed by atoms with E-state index >= 15 is 0 Å². The molecular weight excluding hydrogens is 506 g/mol. The Hall–Kier alpha value is -5.04. The maximum atomic E-state index is 13.9. The first-order chi connectivity index (χ1) is 19.5. The zero-order valence-corrected chi connectivity index (χ0v) is 21.8. The Morgan fingerprint density at radius 2 is 1.70 bits per heavy atom. The van der Waals surface area contributed by atoms with Gasteiger partial charge in [-0.3, -0.25) is 9.59 Å². The van der Waals surface area contributed by atoms with Crippen LogP contribution >= 0.6 is 0 Å². The van der Waals surface area contributed by atoms with E-state index in [2.05, 4.69) is 0 Å². The molecule has 1 aromatic heterocycles. The van der Waals surface area contributed by atoms with Crippen LogP contribution in [0.1, 0.15) is 44.4 Å². The van der Waals surface area contributed by atoms with Crippen molar-refractivity contribution in [3.63, 3.8) is 0 Å². The lowest BCUT2D eigenvalue weighted by Crippen LogP contribution is -2.29. The normalized spacial score (nSPS) is 15.5. The average molecular weight is 532 g/mol. The summed E-state index contributed by atoms with van der Waals surface area (Å²) in [6, 6.07) is 27.8. The van der Waals surface area contributed by atoms with E-state index in [1.807, 2.05) is 91.9 Å².